The smallest absolute Gasteiger partial charge is 0.227 e. The minimum absolute atomic E-state index is 0. The van der Waals surface area contributed by atoms with Gasteiger partial charge in [-0.3, -0.25) is 4.79 Å². The van der Waals surface area contributed by atoms with Gasteiger partial charge in [-0.1, -0.05) is 23.7 Å². The molecule has 18 heavy (non-hydrogen) atoms. The molecule has 100 valence electrons. The zero-order chi connectivity index (χ0) is 12.3. The summed E-state index contributed by atoms with van der Waals surface area (Å²) in [5.41, 5.74) is 0.699. The summed E-state index contributed by atoms with van der Waals surface area (Å²) >= 11 is 6.01. The quantitative estimate of drug-likeness (QED) is 0.878. The lowest BCUT2D eigenvalue weighted by Crippen LogP contribution is -2.40. The first-order valence-corrected chi connectivity index (χ1v) is 6.33. The van der Waals surface area contributed by atoms with Gasteiger partial charge in [-0.05, 0) is 38.4 Å². The minimum atomic E-state index is 0. The van der Waals surface area contributed by atoms with Crippen molar-refractivity contribution in [2.75, 3.05) is 11.9 Å². The summed E-state index contributed by atoms with van der Waals surface area (Å²) in [5, 5.41) is 6.82. The summed E-state index contributed by atoms with van der Waals surface area (Å²) in [5.74, 6) is 0.161. The number of carbonyl (C=O) groups is 1. The van der Waals surface area contributed by atoms with Crippen LogP contribution in [-0.2, 0) is 4.79 Å². The third kappa shape index (κ3) is 3.87. The fourth-order valence-electron chi connectivity index (χ4n) is 2.17. The van der Waals surface area contributed by atoms with Crippen LogP contribution in [0.5, 0.6) is 0 Å². The van der Waals surface area contributed by atoms with Gasteiger partial charge in [0.15, 0.2) is 0 Å². The fourth-order valence-corrected chi connectivity index (χ4v) is 2.35. The summed E-state index contributed by atoms with van der Waals surface area (Å²) in [6.45, 7) is 3.01. The molecule has 0 unspecified atom stereocenters. The molecule has 0 spiro atoms. The first kappa shape index (κ1) is 15.3. The van der Waals surface area contributed by atoms with Crippen molar-refractivity contribution in [3.05, 3.63) is 29.3 Å². The van der Waals surface area contributed by atoms with E-state index in [0.29, 0.717) is 16.8 Å². The van der Waals surface area contributed by atoms with E-state index in [9.17, 15) is 4.79 Å². The van der Waals surface area contributed by atoms with Crippen molar-refractivity contribution in [2.24, 2.45) is 5.92 Å². The number of benzene rings is 1. The molecule has 0 aromatic heterocycles. The Bertz CT molecular complexity index is 412. The first-order chi connectivity index (χ1) is 8.16. The summed E-state index contributed by atoms with van der Waals surface area (Å²) < 4.78 is 0. The average molecular weight is 289 g/mol. The molecule has 1 fully saturated rings. The fraction of sp³-hybridized carbons (Fsp3) is 0.462. The minimum Gasteiger partial charge on any atom is -0.325 e. The van der Waals surface area contributed by atoms with Crippen LogP contribution in [-0.4, -0.2) is 18.5 Å². The maximum atomic E-state index is 12.1. The number of halogens is 2. The van der Waals surface area contributed by atoms with Gasteiger partial charge in [0.2, 0.25) is 5.91 Å². The van der Waals surface area contributed by atoms with Crippen LogP contribution >= 0.6 is 24.0 Å². The molecule has 0 aliphatic carbocycles. The van der Waals surface area contributed by atoms with Crippen molar-refractivity contribution in [3.63, 3.8) is 0 Å². The standard InChI is InChI=1S/C13H17ClN2O.ClH/c1-9-8-10(6-7-15-9)13(17)16-12-5-3-2-4-11(12)14;/h2-5,9-10,15H,6-8H2,1H3,(H,16,17);1H/t9-,10-;/m0./s1. The van der Waals surface area contributed by atoms with Crippen LogP contribution in [0.3, 0.4) is 0 Å². The van der Waals surface area contributed by atoms with Gasteiger partial charge in [-0.2, -0.15) is 0 Å². The molecule has 0 bridgehead atoms. The zero-order valence-electron chi connectivity index (χ0n) is 10.3. The van der Waals surface area contributed by atoms with Gasteiger partial charge < -0.3 is 10.6 Å². The Morgan fingerprint density at radius 2 is 2.17 bits per heavy atom. The Morgan fingerprint density at radius 1 is 1.44 bits per heavy atom. The number of anilines is 1. The predicted octanol–water partition coefficient (Wildman–Crippen LogP) is 3.09. The summed E-state index contributed by atoms with van der Waals surface area (Å²) in [4.78, 5) is 12.1. The molecule has 0 radical (unpaired) electrons. The van der Waals surface area contributed by atoms with Crippen molar-refractivity contribution < 1.29 is 4.79 Å². The van der Waals surface area contributed by atoms with Crippen molar-refractivity contribution in [2.45, 2.75) is 25.8 Å². The van der Waals surface area contributed by atoms with Gasteiger partial charge >= 0.3 is 0 Å². The Kier molecular flexibility index (Phi) is 5.93. The van der Waals surface area contributed by atoms with E-state index < -0.39 is 0 Å². The topological polar surface area (TPSA) is 41.1 Å². The lowest BCUT2D eigenvalue weighted by Gasteiger charge is -2.27. The molecule has 2 atom stereocenters. The van der Waals surface area contributed by atoms with Crippen molar-refractivity contribution in [1.82, 2.24) is 5.32 Å². The summed E-state index contributed by atoms with van der Waals surface area (Å²) in [7, 11) is 0. The summed E-state index contributed by atoms with van der Waals surface area (Å²) in [6.07, 6.45) is 1.77. The van der Waals surface area contributed by atoms with Crippen LogP contribution in [0, 0.1) is 5.92 Å². The lowest BCUT2D eigenvalue weighted by atomic mass is 9.92. The largest absolute Gasteiger partial charge is 0.325 e. The van der Waals surface area contributed by atoms with Crippen molar-refractivity contribution in [1.29, 1.82) is 0 Å². The Balaban J connectivity index is 0.00000162. The highest BCUT2D eigenvalue weighted by Gasteiger charge is 2.24. The zero-order valence-corrected chi connectivity index (χ0v) is 11.9. The molecule has 1 aromatic rings. The van der Waals surface area contributed by atoms with Gasteiger partial charge in [-0.25, -0.2) is 0 Å². The highest BCUT2D eigenvalue weighted by molar-refractivity contribution is 6.33. The molecule has 0 saturated carbocycles. The second-order valence-electron chi connectivity index (χ2n) is 4.55. The molecule has 1 saturated heterocycles. The van der Waals surface area contributed by atoms with E-state index in [4.69, 9.17) is 11.6 Å². The second kappa shape index (κ2) is 6.98. The molecule has 1 aliphatic heterocycles. The van der Waals surface area contributed by atoms with E-state index in [2.05, 4.69) is 17.6 Å². The van der Waals surface area contributed by atoms with Gasteiger partial charge in [-0.15, -0.1) is 12.4 Å². The van der Waals surface area contributed by atoms with Crippen LogP contribution in [0.4, 0.5) is 5.69 Å². The first-order valence-electron chi connectivity index (χ1n) is 5.95. The Morgan fingerprint density at radius 3 is 2.83 bits per heavy atom. The van der Waals surface area contributed by atoms with E-state index in [1.54, 1.807) is 6.07 Å². The van der Waals surface area contributed by atoms with E-state index in [1.165, 1.54) is 0 Å². The highest BCUT2D eigenvalue weighted by atomic mass is 35.5. The second-order valence-corrected chi connectivity index (χ2v) is 4.95. The third-order valence-electron chi connectivity index (χ3n) is 3.13. The molecule has 1 heterocycles. The SMILES string of the molecule is C[C@H]1C[C@@H](C(=O)Nc2ccccc2Cl)CCN1.Cl. The van der Waals surface area contributed by atoms with Gasteiger partial charge in [0.1, 0.15) is 0 Å². The summed E-state index contributed by atoms with van der Waals surface area (Å²) in [6, 6.07) is 7.73. The highest BCUT2D eigenvalue weighted by Crippen LogP contribution is 2.23. The number of para-hydroxylation sites is 1. The predicted molar refractivity (Wildman–Crippen MR) is 77.5 cm³/mol. The van der Waals surface area contributed by atoms with Crippen LogP contribution in [0.1, 0.15) is 19.8 Å². The molecule has 2 N–H and O–H groups in total. The number of carbonyl (C=O) groups excluding carboxylic acids is 1. The molecular formula is C13H18Cl2N2O. The van der Waals surface area contributed by atoms with Crippen LogP contribution in [0.15, 0.2) is 24.3 Å². The van der Waals surface area contributed by atoms with Gasteiger partial charge in [0.25, 0.3) is 0 Å². The Hall–Kier alpha value is -0.770. The maximum absolute atomic E-state index is 12.1. The molecule has 1 aromatic carbocycles. The maximum Gasteiger partial charge on any atom is 0.227 e. The van der Waals surface area contributed by atoms with E-state index in [-0.39, 0.29) is 24.2 Å². The third-order valence-corrected chi connectivity index (χ3v) is 3.46. The molecular weight excluding hydrogens is 271 g/mol. The normalized spacial score (nSPS) is 23.0. The monoisotopic (exact) mass is 288 g/mol. The van der Waals surface area contributed by atoms with Crippen molar-refractivity contribution >= 4 is 35.6 Å². The molecule has 1 aliphatic rings. The number of piperidine rings is 1. The van der Waals surface area contributed by atoms with Crippen LogP contribution in [0.25, 0.3) is 0 Å². The number of rotatable bonds is 2. The van der Waals surface area contributed by atoms with Crippen LogP contribution in [0.2, 0.25) is 5.02 Å². The van der Waals surface area contributed by atoms with E-state index in [0.717, 1.165) is 19.4 Å². The number of nitrogens with one attached hydrogen (secondary N) is 2. The molecule has 2 rings (SSSR count). The van der Waals surface area contributed by atoms with Gasteiger partial charge in [0.05, 0.1) is 10.7 Å². The van der Waals surface area contributed by atoms with E-state index >= 15 is 0 Å². The molecule has 5 heteroatoms. The molecule has 3 nitrogen and oxygen atoms in total. The lowest BCUT2D eigenvalue weighted by molar-refractivity contribution is -0.120. The molecule has 1 amide bonds. The van der Waals surface area contributed by atoms with Gasteiger partial charge in [0, 0.05) is 12.0 Å². The van der Waals surface area contributed by atoms with Crippen LogP contribution < -0.4 is 10.6 Å². The number of amides is 1. The van der Waals surface area contributed by atoms with Crippen molar-refractivity contribution in [3.8, 4) is 0 Å². The number of hydrogen-bond acceptors (Lipinski definition) is 2. The Labute approximate surface area is 119 Å². The average Bonchev–Trinajstić information content (AvgIpc) is 2.32. The number of hydrogen-bond donors (Lipinski definition) is 2. The van der Waals surface area contributed by atoms with E-state index in [1.807, 2.05) is 18.2 Å².